The summed E-state index contributed by atoms with van der Waals surface area (Å²) in [7, 11) is 1.61. The van der Waals surface area contributed by atoms with E-state index in [2.05, 4.69) is 5.32 Å². The molecular weight excluding hydrogens is 351 g/mol. The zero-order chi connectivity index (χ0) is 19.2. The molecule has 1 unspecified atom stereocenters. The molecule has 1 N–H and O–H groups in total. The first-order valence-electron chi connectivity index (χ1n) is 8.68. The number of ether oxygens (including phenoxy) is 2. The lowest BCUT2D eigenvalue weighted by Crippen LogP contribution is -2.34. The summed E-state index contributed by atoms with van der Waals surface area (Å²) in [6.45, 7) is 0.550. The number of hydrogen-bond donors (Lipinski definition) is 1. The molecule has 7 heteroatoms. The fourth-order valence-electron chi connectivity index (χ4n) is 2.83. The van der Waals surface area contributed by atoms with Gasteiger partial charge in [-0.25, -0.2) is 9.18 Å². The summed E-state index contributed by atoms with van der Waals surface area (Å²) < 4.78 is 23.4. The van der Waals surface area contributed by atoms with Gasteiger partial charge in [-0.15, -0.1) is 0 Å². The van der Waals surface area contributed by atoms with Crippen LogP contribution in [0.4, 0.5) is 14.9 Å². The average Bonchev–Trinajstić information content (AvgIpc) is 3.06. The molecule has 0 aromatic heterocycles. The highest BCUT2D eigenvalue weighted by Gasteiger charge is 2.32. The summed E-state index contributed by atoms with van der Waals surface area (Å²) in [5.74, 6) is 0.297. The molecule has 142 valence electrons. The van der Waals surface area contributed by atoms with Crippen molar-refractivity contribution in [1.82, 2.24) is 5.32 Å². The van der Waals surface area contributed by atoms with E-state index in [-0.39, 0.29) is 18.3 Å². The van der Waals surface area contributed by atoms with Gasteiger partial charge in [0.1, 0.15) is 17.7 Å². The van der Waals surface area contributed by atoms with Gasteiger partial charge in [-0.05, 0) is 48.4 Å². The van der Waals surface area contributed by atoms with Crippen LogP contribution in [-0.2, 0) is 16.0 Å². The third kappa shape index (κ3) is 4.97. The number of halogens is 1. The lowest BCUT2D eigenvalue weighted by Gasteiger charge is -2.13. The Balaban J connectivity index is 1.43. The smallest absolute Gasteiger partial charge is 0.414 e. The van der Waals surface area contributed by atoms with Gasteiger partial charge in [0.25, 0.3) is 0 Å². The number of methoxy groups -OCH3 is 1. The predicted octanol–water partition coefficient (Wildman–Crippen LogP) is 2.91. The molecule has 1 saturated heterocycles. The third-order valence-electron chi connectivity index (χ3n) is 4.34. The van der Waals surface area contributed by atoms with Gasteiger partial charge in [-0.3, -0.25) is 9.69 Å². The Morgan fingerprint density at radius 2 is 1.93 bits per heavy atom. The molecular formula is C20H21FN2O4. The summed E-state index contributed by atoms with van der Waals surface area (Å²) in [5, 5.41) is 2.79. The van der Waals surface area contributed by atoms with Crippen LogP contribution in [0.15, 0.2) is 48.5 Å². The fraction of sp³-hybridized carbons (Fsp3) is 0.300. The van der Waals surface area contributed by atoms with Crippen LogP contribution in [0, 0.1) is 5.82 Å². The lowest BCUT2D eigenvalue weighted by molar-refractivity contribution is -0.121. The number of nitrogens with one attached hydrogen (secondary N) is 1. The minimum absolute atomic E-state index is 0.109. The number of carbonyl (C=O) groups is 2. The van der Waals surface area contributed by atoms with Crippen LogP contribution in [0.1, 0.15) is 12.0 Å². The second kappa shape index (κ2) is 8.53. The van der Waals surface area contributed by atoms with E-state index in [1.807, 2.05) is 24.3 Å². The number of aryl methyl sites for hydroxylation is 1. The van der Waals surface area contributed by atoms with Gasteiger partial charge in [0.05, 0.1) is 20.2 Å². The first-order valence-corrected chi connectivity index (χ1v) is 8.68. The van der Waals surface area contributed by atoms with Crippen LogP contribution < -0.4 is 15.0 Å². The monoisotopic (exact) mass is 372 g/mol. The topological polar surface area (TPSA) is 67.9 Å². The van der Waals surface area contributed by atoms with Gasteiger partial charge in [-0.1, -0.05) is 12.1 Å². The summed E-state index contributed by atoms with van der Waals surface area (Å²) in [4.78, 5) is 25.4. The van der Waals surface area contributed by atoms with Gasteiger partial charge in [-0.2, -0.15) is 0 Å². The molecule has 1 heterocycles. The highest BCUT2D eigenvalue weighted by molar-refractivity contribution is 5.89. The SMILES string of the molecule is COc1ccc(CCC(=O)NCC2CN(c3ccc(F)cc3)C(=O)O2)cc1. The molecule has 1 aliphatic rings. The van der Waals surface area contributed by atoms with Crippen molar-refractivity contribution in [2.75, 3.05) is 25.1 Å². The number of rotatable bonds is 7. The molecule has 1 aliphatic heterocycles. The van der Waals surface area contributed by atoms with E-state index >= 15 is 0 Å². The minimum Gasteiger partial charge on any atom is -0.497 e. The largest absolute Gasteiger partial charge is 0.497 e. The maximum Gasteiger partial charge on any atom is 0.414 e. The molecule has 0 spiro atoms. The number of nitrogens with zero attached hydrogens (tertiary/aromatic N) is 1. The first kappa shape index (κ1) is 18.7. The molecule has 3 rings (SSSR count). The van der Waals surface area contributed by atoms with Crippen molar-refractivity contribution in [3.63, 3.8) is 0 Å². The second-order valence-electron chi connectivity index (χ2n) is 6.24. The van der Waals surface area contributed by atoms with Gasteiger partial charge in [0.15, 0.2) is 0 Å². The molecule has 27 heavy (non-hydrogen) atoms. The Kier molecular flexibility index (Phi) is 5.90. The van der Waals surface area contributed by atoms with Crippen molar-refractivity contribution >= 4 is 17.7 Å². The predicted molar refractivity (Wildman–Crippen MR) is 98.3 cm³/mol. The molecule has 2 aromatic carbocycles. The maximum absolute atomic E-state index is 13.0. The lowest BCUT2D eigenvalue weighted by atomic mass is 10.1. The molecule has 0 aliphatic carbocycles. The average molecular weight is 372 g/mol. The molecule has 1 atom stereocenters. The Morgan fingerprint density at radius 3 is 2.59 bits per heavy atom. The van der Waals surface area contributed by atoms with Crippen molar-refractivity contribution < 1.29 is 23.5 Å². The summed E-state index contributed by atoms with van der Waals surface area (Å²) in [5.41, 5.74) is 1.61. The Hall–Kier alpha value is -3.09. The van der Waals surface area contributed by atoms with E-state index in [0.29, 0.717) is 25.1 Å². The number of benzene rings is 2. The number of cyclic esters (lactones) is 1. The van der Waals surface area contributed by atoms with Crippen molar-refractivity contribution in [2.45, 2.75) is 18.9 Å². The van der Waals surface area contributed by atoms with E-state index in [1.165, 1.54) is 29.2 Å². The van der Waals surface area contributed by atoms with Crippen LogP contribution in [0.25, 0.3) is 0 Å². The van der Waals surface area contributed by atoms with Crippen molar-refractivity contribution in [3.8, 4) is 5.75 Å². The number of carbonyl (C=O) groups excluding carboxylic acids is 2. The standard InChI is InChI=1S/C20H21FN2O4/c1-26-17-9-2-14(3-10-17)4-11-19(24)22-12-18-13-23(20(25)27-18)16-7-5-15(21)6-8-16/h2-3,5-10,18H,4,11-13H2,1H3,(H,22,24). The minimum atomic E-state index is -0.501. The van der Waals surface area contributed by atoms with E-state index in [9.17, 15) is 14.0 Å². The van der Waals surface area contributed by atoms with Gasteiger partial charge >= 0.3 is 6.09 Å². The highest BCUT2D eigenvalue weighted by atomic mass is 19.1. The van der Waals surface area contributed by atoms with E-state index < -0.39 is 12.2 Å². The van der Waals surface area contributed by atoms with E-state index in [0.717, 1.165) is 11.3 Å². The van der Waals surface area contributed by atoms with E-state index in [4.69, 9.17) is 9.47 Å². The maximum atomic E-state index is 13.0. The molecule has 0 bridgehead atoms. The van der Waals surface area contributed by atoms with Crippen LogP contribution in [-0.4, -0.2) is 38.3 Å². The Labute approximate surface area is 156 Å². The molecule has 1 fully saturated rings. The van der Waals surface area contributed by atoms with Gasteiger partial charge in [0, 0.05) is 12.1 Å². The van der Waals surface area contributed by atoms with Crippen molar-refractivity contribution in [3.05, 3.63) is 59.9 Å². The Morgan fingerprint density at radius 1 is 1.22 bits per heavy atom. The fourth-order valence-corrected chi connectivity index (χ4v) is 2.83. The molecule has 6 nitrogen and oxygen atoms in total. The molecule has 0 radical (unpaired) electrons. The molecule has 2 aromatic rings. The molecule has 2 amide bonds. The van der Waals surface area contributed by atoms with Crippen LogP contribution >= 0.6 is 0 Å². The summed E-state index contributed by atoms with van der Waals surface area (Å²) in [6.07, 6.45) is 0.0167. The number of anilines is 1. The van der Waals surface area contributed by atoms with E-state index in [1.54, 1.807) is 7.11 Å². The van der Waals surface area contributed by atoms with Crippen molar-refractivity contribution in [2.24, 2.45) is 0 Å². The van der Waals surface area contributed by atoms with Gasteiger partial charge in [0.2, 0.25) is 5.91 Å². The molecule has 0 saturated carbocycles. The van der Waals surface area contributed by atoms with Crippen molar-refractivity contribution in [1.29, 1.82) is 0 Å². The highest BCUT2D eigenvalue weighted by Crippen LogP contribution is 2.21. The zero-order valence-electron chi connectivity index (χ0n) is 15.0. The third-order valence-corrected chi connectivity index (χ3v) is 4.34. The van der Waals surface area contributed by atoms with Crippen LogP contribution in [0.2, 0.25) is 0 Å². The summed E-state index contributed by atoms with van der Waals surface area (Å²) >= 11 is 0. The summed E-state index contributed by atoms with van der Waals surface area (Å²) in [6, 6.07) is 13.2. The number of amides is 2. The zero-order valence-corrected chi connectivity index (χ0v) is 15.0. The normalized spacial score (nSPS) is 16.1. The number of hydrogen-bond acceptors (Lipinski definition) is 4. The first-order chi connectivity index (χ1) is 13.0. The quantitative estimate of drug-likeness (QED) is 0.812. The second-order valence-corrected chi connectivity index (χ2v) is 6.24. The van der Waals surface area contributed by atoms with Crippen LogP contribution in [0.3, 0.4) is 0 Å². The Bertz CT molecular complexity index is 793. The van der Waals surface area contributed by atoms with Gasteiger partial charge < -0.3 is 14.8 Å². The van der Waals surface area contributed by atoms with Crippen LogP contribution in [0.5, 0.6) is 5.75 Å².